The molecule has 0 aromatic carbocycles. The summed E-state index contributed by atoms with van der Waals surface area (Å²) >= 11 is 0. The van der Waals surface area contributed by atoms with E-state index in [1.807, 2.05) is 0 Å². The van der Waals surface area contributed by atoms with Gasteiger partial charge >= 0.3 is 0 Å². The second-order valence-electron chi connectivity index (χ2n) is 6.95. The Morgan fingerprint density at radius 2 is 2.00 bits per heavy atom. The molecule has 0 spiro atoms. The van der Waals surface area contributed by atoms with E-state index in [0.29, 0.717) is 5.54 Å². The maximum absolute atomic E-state index is 6.26. The van der Waals surface area contributed by atoms with Gasteiger partial charge in [0.15, 0.2) is 0 Å². The molecule has 2 N–H and O–H groups in total. The lowest BCUT2D eigenvalue weighted by Gasteiger charge is -2.49. The molecule has 2 aliphatic rings. The largest absolute Gasteiger partial charge is 0.329 e. The van der Waals surface area contributed by atoms with Gasteiger partial charge in [0.25, 0.3) is 0 Å². The van der Waals surface area contributed by atoms with Gasteiger partial charge in [0, 0.05) is 18.1 Å². The Labute approximate surface area is 113 Å². The van der Waals surface area contributed by atoms with Gasteiger partial charge in [0.2, 0.25) is 0 Å². The quantitative estimate of drug-likeness (QED) is 0.785. The first-order valence-corrected chi connectivity index (χ1v) is 8.10. The summed E-state index contributed by atoms with van der Waals surface area (Å²) in [5.41, 5.74) is 6.59. The van der Waals surface area contributed by atoms with Gasteiger partial charge in [0.05, 0.1) is 0 Å². The van der Waals surface area contributed by atoms with Crippen molar-refractivity contribution in [2.24, 2.45) is 17.6 Å². The van der Waals surface area contributed by atoms with Crippen molar-refractivity contribution < 1.29 is 0 Å². The highest BCUT2D eigenvalue weighted by molar-refractivity contribution is 5.02. The van der Waals surface area contributed by atoms with E-state index in [2.05, 4.69) is 25.7 Å². The predicted molar refractivity (Wildman–Crippen MR) is 78.6 cm³/mol. The normalized spacial score (nSPS) is 33.3. The summed E-state index contributed by atoms with van der Waals surface area (Å²) in [4.78, 5) is 2.81. The van der Waals surface area contributed by atoms with Gasteiger partial charge in [-0.25, -0.2) is 0 Å². The van der Waals surface area contributed by atoms with Crippen LogP contribution in [0.5, 0.6) is 0 Å². The summed E-state index contributed by atoms with van der Waals surface area (Å²) in [6.07, 6.45) is 9.57. The zero-order valence-corrected chi connectivity index (χ0v) is 12.6. The van der Waals surface area contributed by atoms with Crippen LogP contribution in [-0.2, 0) is 0 Å². The molecule has 18 heavy (non-hydrogen) atoms. The number of hydrogen-bond donors (Lipinski definition) is 1. The maximum atomic E-state index is 6.26. The van der Waals surface area contributed by atoms with Crippen LogP contribution in [0.25, 0.3) is 0 Å². The van der Waals surface area contributed by atoms with Crippen LogP contribution in [-0.4, -0.2) is 29.6 Å². The van der Waals surface area contributed by atoms with E-state index in [1.54, 1.807) is 0 Å². The molecule has 106 valence electrons. The standard InChI is InChI=1S/C16H32N2/c1-4-10-18(15-7-8-15)16(12-17)9-5-6-14(11-16)13(2)3/h13-15H,4-12,17H2,1-3H3. The van der Waals surface area contributed by atoms with Crippen molar-refractivity contribution in [3.8, 4) is 0 Å². The second kappa shape index (κ2) is 5.92. The van der Waals surface area contributed by atoms with E-state index in [1.165, 1.54) is 51.5 Å². The molecule has 2 fully saturated rings. The monoisotopic (exact) mass is 252 g/mol. The Kier molecular flexibility index (Phi) is 4.71. The van der Waals surface area contributed by atoms with E-state index < -0.39 is 0 Å². The summed E-state index contributed by atoms with van der Waals surface area (Å²) in [5, 5.41) is 0. The van der Waals surface area contributed by atoms with Gasteiger partial charge in [-0.15, -0.1) is 0 Å². The van der Waals surface area contributed by atoms with Crippen LogP contribution in [0.15, 0.2) is 0 Å². The molecular weight excluding hydrogens is 220 g/mol. The fourth-order valence-electron chi connectivity index (χ4n) is 3.95. The van der Waals surface area contributed by atoms with Crippen LogP contribution in [0.2, 0.25) is 0 Å². The molecule has 2 atom stereocenters. The highest BCUT2D eigenvalue weighted by Crippen LogP contribution is 2.44. The topological polar surface area (TPSA) is 29.3 Å². The number of nitrogens with zero attached hydrogens (tertiary/aromatic N) is 1. The van der Waals surface area contributed by atoms with Gasteiger partial charge in [-0.2, -0.15) is 0 Å². The van der Waals surface area contributed by atoms with E-state index in [4.69, 9.17) is 5.73 Å². The minimum Gasteiger partial charge on any atom is -0.329 e. The third kappa shape index (κ3) is 2.91. The van der Waals surface area contributed by atoms with E-state index in [9.17, 15) is 0 Å². The van der Waals surface area contributed by atoms with Crippen molar-refractivity contribution in [3.63, 3.8) is 0 Å². The van der Waals surface area contributed by atoms with Crippen LogP contribution < -0.4 is 5.73 Å². The van der Waals surface area contributed by atoms with Crippen LogP contribution in [0, 0.1) is 11.8 Å². The minimum atomic E-state index is 0.338. The van der Waals surface area contributed by atoms with E-state index in [0.717, 1.165) is 24.4 Å². The van der Waals surface area contributed by atoms with Crippen LogP contribution >= 0.6 is 0 Å². The van der Waals surface area contributed by atoms with Crippen LogP contribution in [0.3, 0.4) is 0 Å². The van der Waals surface area contributed by atoms with Crippen molar-refractivity contribution in [3.05, 3.63) is 0 Å². The molecule has 0 aromatic heterocycles. The van der Waals surface area contributed by atoms with Crippen molar-refractivity contribution in [2.45, 2.75) is 77.3 Å². The molecule has 2 rings (SSSR count). The first-order chi connectivity index (χ1) is 8.63. The average molecular weight is 252 g/mol. The second-order valence-corrected chi connectivity index (χ2v) is 6.95. The Morgan fingerprint density at radius 3 is 2.50 bits per heavy atom. The Bertz CT molecular complexity index is 260. The fourth-order valence-corrected chi connectivity index (χ4v) is 3.95. The molecule has 2 aliphatic carbocycles. The lowest BCUT2D eigenvalue weighted by molar-refractivity contribution is 0.0189. The smallest absolute Gasteiger partial charge is 0.0337 e. The zero-order chi connectivity index (χ0) is 13.2. The third-order valence-electron chi connectivity index (χ3n) is 5.24. The molecule has 0 aliphatic heterocycles. The van der Waals surface area contributed by atoms with Crippen molar-refractivity contribution in [1.29, 1.82) is 0 Å². The van der Waals surface area contributed by atoms with Gasteiger partial charge in [0.1, 0.15) is 0 Å². The van der Waals surface area contributed by atoms with Gasteiger partial charge in [-0.05, 0) is 50.5 Å². The van der Waals surface area contributed by atoms with Crippen LogP contribution in [0.1, 0.15) is 65.7 Å². The summed E-state index contributed by atoms with van der Waals surface area (Å²) < 4.78 is 0. The van der Waals surface area contributed by atoms with Crippen molar-refractivity contribution >= 4 is 0 Å². The third-order valence-corrected chi connectivity index (χ3v) is 5.24. The summed E-state index contributed by atoms with van der Waals surface area (Å²) in [6.45, 7) is 9.21. The summed E-state index contributed by atoms with van der Waals surface area (Å²) in [6, 6.07) is 0.861. The molecule has 2 saturated carbocycles. The molecule has 0 aromatic rings. The minimum absolute atomic E-state index is 0.338. The highest BCUT2D eigenvalue weighted by Gasteiger charge is 2.45. The molecule has 2 heteroatoms. The lowest BCUT2D eigenvalue weighted by Crippen LogP contribution is -2.57. The van der Waals surface area contributed by atoms with Gasteiger partial charge < -0.3 is 5.73 Å². The first-order valence-electron chi connectivity index (χ1n) is 8.10. The predicted octanol–water partition coefficient (Wildman–Crippen LogP) is 3.40. The van der Waals surface area contributed by atoms with Crippen LogP contribution in [0.4, 0.5) is 0 Å². The average Bonchev–Trinajstić information content (AvgIpc) is 3.20. The first kappa shape index (κ1) is 14.3. The van der Waals surface area contributed by atoms with Crippen molar-refractivity contribution in [1.82, 2.24) is 4.90 Å². The van der Waals surface area contributed by atoms with Gasteiger partial charge in [-0.3, -0.25) is 4.90 Å². The van der Waals surface area contributed by atoms with Crippen molar-refractivity contribution in [2.75, 3.05) is 13.1 Å². The molecule has 2 nitrogen and oxygen atoms in total. The number of hydrogen-bond acceptors (Lipinski definition) is 2. The fraction of sp³-hybridized carbons (Fsp3) is 1.00. The summed E-state index contributed by atoms with van der Waals surface area (Å²) in [7, 11) is 0. The lowest BCUT2D eigenvalue weighted by atomic mass is 9.70. The Hall–Kier alpha value is -0.0800. The van der Waals surface area contributed by atoms with E-state index in [-0.39, 0.29) is 0 Å². The molecule has 0 radical (unpaired) electrons. The SMILES string of the molecule is CCCN(C1CC1)C1(CN)CCCC(C(C)C)C1. The molecule has 2 unspecified atom stereocenters. The number of rotatable bonds is 6. The van der Waals surface area contributed by atoms with E-state index >= 15 is 0 Å². The molecule has 0 amide bonds. The Morgan fingerprint density at radius 1 is 1.28 bits per heavy atom. The molecule has 0 heterocycles. The maximum Gasteiger partial charge on any atom is 0.0337 e. The number of nitrogens with two attached hydrogens (primary N) is 1. The zero-order valence-electron chi connectivity index (χ0n) is 12.6. The summed E-state index contributed by atoms with van der Waals surface area (Å²) in [5.74, 6) is 1.71. The molecular formula is C16H32N2. The molecule has 0 saturated heterocycles. The Balaban J connectivity index is 2.11. The van der Waals surface area contributed by atoms with Gasteiger partial charge in [-0.1, -0.05) is 33.6 Å². The highest BCUT2D eigenvalue weighted by atomic mass is 15.3. The molecule has 0 bridgehead atoms.